The molecule has 2 amide bonds. The molecule has 2 aromatic rings. The lowest BCUT2D eigenvalue weighted by Crippen LogP contribution is -2.52. The second-order valence-corrected chi connectivity index (χ2v) is 13.3. The van der Waals surface area contributed by atoms with Crippen LogP contribution < -0.4 is 10.6 Å². The highest BCUT2D eigenvalue weighted by atomic mass is 32.2. The molecule has 2 aromatic heterocycles. The maximum absolute atomic E-state index is 13.5. The topological polar surface area (TPSA) is 121 Å². The third kappa shape index (κ3) is 5.25. The maximum Gasteiger partial charge on any atom is 0.280 e. The van der Waals surface area contributed by atoms with Gasteiger partial charge in [-0.05, 0) is 59.1 Å². The summed E-state index contributed by atoms with van der Waals surface area (Å²) in [7, 11) is -3.06. The predicted molar refractivity (Wildman–Crippen MR) is 133 cm³/mol. The van der Waals surface area contributed by atoms with Crippen LogP contribution in [0.15, 0.2) is 12.3 Å². The van der Waals surface area contributed by atoms with Crippen molar-refractivity contribution in [2.45, 2.75) is 65.1 Å². The zero-order valence-corrected chi connectivity index (χ0v) is 21.8. The van der Waals surface area contributed by atoms with E-state index in [-0.39, 0.29) is 39.7 Å². The molecule has 9 nitrogen and oxygen atoms in total. The third-order valence-electron chi connectivity index (χ3n) is 5.94. The van der Waals surface area contributed by atoms with Gasteiger partial charge < -0.3 is 15.5 Å². The number of amides is 2. The standard InChI is InChI=1S/C23H31N5O4S2/c1-13-9-17(27-23(3,4)5)24-10-16(13)19-18(22(30)28-8-6-7-14(28)2)26-21(33-19)20(29)25-15-11-34(31,32)12-15/h9-10,14-15H,6-8,11-12H2,1-5H3,(H,24,27)(H,25,29)/t14-/m0/s1. The van der Waals surface area contributed by atoms with Crippen molar-refractivity contribution in [3.63, 3.8) is 0 Å². The molecule has 2 aliphatic rings. The first kappa shape index (κ1) is 24.6. The molecule has 2 aliphatic heterocycles. The third-order valence-corrected chi connectivity index (χ3v) is 8.85. The average molecular weight is 506 g/mol. The summed E-state index contributed by atoms with van der Waals surface area (Å²) in [4.78, 5) is 37.7. The van der Waals surface area contributed by atoms with E-state index in [0.29, 0.717) is 11.4 Å². The first-order valence-corrected chi connectivity index (χ1v) is 14.0. The number of sulfone groups is 1. The van der Waals surface area contributed by atoms with Crippen LogP contribution in [0.4, 0.5) is 5.82 Å². The molecule has 0 bridgehead atoms. The van der Waals surface area contributed by atoms with Crippen LogP contribution >= 0.6 is 11.3 Å². The normalized spacial score (nSPS) is 20.1. The molecule has 34 heavy (non-hydrogen) atoms. The number of carbonyl (C=O) groups excluding carboxylic acids is 2. The quantitative estimate of drug-likeness (QED) is 0.641. The Morgan fingerprint density at radius 3 is 2.50 bits per heavy atom. The van der Waals surface area contributed by atoms with E-state index in [9.17, 15) is 18.0 Å². The van der Waals surface area contributed by atoms with Crippen molar-refractivity contribution in [3.05, 3.63) is 28.5 Å². The first-order chi connectivity index (χ1) is 15.8. The van der Waals surface area contributed by atoms with Crippen molar-refractivity contribution in [1.29, 1.82) is 0 Å². The highest BCUT2D eigenvalue weighted by molar-refractivity contribution is 7.92. The van der Waals surface area contributed by atoms with Gasteiger partial charge in [-0.2, -0.15) is 0 Å². The zero-order valence-electron chi connectivity index (χ0n) is 20.1. The highest BCUT2D eigenvalue weighted by Crippen LogP contribution is 2.35. The summed E-state index contributed by atoms with van der Waals surface area (Å²) >= 11 is 1.14. The summed E-state index contributed by atoms with van der Waals surface area (Å²) in [5.41, 5.74) is 1.74. The lowest BCUT2D eigenvalue weighted by molar-refractivity contribution is 0.0743. The molecule has 2 fully saturated rings. The minimum Gasteiger partial charge on any atom is -0.365 e. The number of hydrogen-bond donors (Lipinski definition) is 2. The summed E-state index contributed by atoms with van der Waals surface area (Å²) in [6.45, 7) is 10.8. The largest absolute Gasteiger partial charge is 0.365 e. The van der Waals surface area contributed by atoms with Gasteiger partial charge >= 0.3 is 0 Å². The fraction of sp³-hybridized carbons (Fsp3) is 0.565. The molecule has 0 radical (unpaired) electrons. The molecule has 0 saturated carbocycles. The summed E-state index contributed by atoms with van der Waals surface area (Å²) in [5.74, 6) is -0.0730. The van der Waals surface area contributed by atoms with Gasteiger partial charge in [0.05, 0.1) is 22.4 Å². The minimum absolute atomic E-state index is 0.0701. The predicted octanol–water partition coefficient (Wildman–Crippen LogP) is 2.88. The first-order valence-electron chi connectivity index (χ1n) is 11.4. The second kappa shape index (κ2) is 8.92. The number of aromatic nitrogens is 2. The van der Waals surface area contributed by atoms with Crippen LogP contribution in [-0.4, -0.2) is 70.8 Å². The van der Waals surface area contributed by atoms with E-state index in [1.165, 1.54) is 0 Å². The van der Waals surface area contributed by atoms with Crippen LogP contribution in [-0.2, 0) is 9.84 Å². The number of likely N-dealkylation sites (tertiary alicyclic amines) is 1. The minimum atomic E-state index is -3.06. The number of thiazole rings is 1. The molecule has 2 saturated heterocycles. The van der Waals surface area contributed by atoms with Gasteiger partial charge in [-0.15, -0.1) is 11.3 Å². The Hall–Kier alpha value is -2.53. The smallest absolute Gasteiger partial charge is 0.280 e. The molecule has 11 heteroatoms. The van der Waals surface area contributed by atoms with E-state index in [4.69, 9.17) is 0 Å². The Bertz CT molecular complexity index is 1220. The zero-order chi connectivity index (χ0) is 24.8. The van der Waals surface area contributed by atoms with Gasteiger partial charge in [0.15, 0.2) is 14.8 Å². The van der Waals surface area contributed by atoms with Crippen LogP contribution in [0.25, 0.3) is 10.4 Å². The van der Waals surface area contributed by atoms with Gasteiger partial charge in [0.2, 0.25) is 0 Å². The van der Waals surface area contributed by atoms with Crippen molar-refractivity contribution in [1.82, 2.24) is 20.2 Å². The number of pyridine rings is 1. The van der Waals surface area contributed by atoms with Crippen molar-refractivity contribution < 1.29 is 18.0 Å². The van der Waals surface area contributed by atoms with Crippen molar-refractivity contribution in [3.8, 4) is 10.4 Å². The van der Waals surface area contributed by atoms with E-state index in [2.05, 4.69) is 20.6 Å². The average Bonchev–Trinajstić information content (AvgIpc) is 3.31. The Kier molecular flexibility index (Phi) is 6.45. The Balaban J connectivity index is 1.68. The number of rotatable bonds is 5. The molecule has 0 spiro atoms. The SMILES string of the molecule is Cc1cc(NC(C)(C)C)ncc1-c1sc(C(=O)NC2CS(=O)(=O)C2)nc1C(=O)N1CCC[C@@H]1C. The van der Waals surface area contributed by atoms with E-state index in [1.807, 2.05) is 40.7 Å². The molecular weight excluding hydrogens is 474 g/mol. The molecule has 0 aromatic carbocycles. The monoisotopic (exact) mass is 505 g/mol. The number of nitrogens with zero attached hydrogens (tertiary/aromatic N) is 3. The Morgan fingerprint density at radius 1 is 1.24 bits per heavy atom. The molecule has 4 rings (SSSR count). The van der Waals surface area contributed by atoms with Crippen LogP contribution in [0, 0.1) is 6.92 Å². The van der Waals surface area contributed by atoms with Crippen LogP contribution in [0.2, 0.25) is 0 Å². The van der Waals surface area contributed by atoms with Gasteiger partial charge in [0.25, 0.3) is 11.8 Å². The van der Waals surface area contributed by atoms with Gasteiger partial charge in [-0.25, -0.2) is 18.4 Å². The molecule has 1 atom stereocenters. The fourth-order valence-corrected chi connectivity index (χ4v) is 6.59. The summed E-state index contributed by atoms with van der Waals surface area (Å²) in [5, 5.41) is 6.21. The summed E-state index contributed by atoms with van der Waals surface area (Å²) in [6, 6.07) is 1.61. The lowest BCUT2D eigenvalue weighted by atomic mass is 10.1. The van der Waals surface area contributed by atoms with Gasteiger partial charge in [-0.1, -0.05) is 0 Å². The maximum atomic E-state index is 13.5. The fourth-order valence-electron chi connectivity index (χ4n) is 4.26. The molecule has 2 N–H and O–H groups in total. The number of hydrogen-bond acceptors (Lipinski definition) is 8. The van der Waals surface area contributed by atoms with Crippen molar-refractivity contribution in [2.24, 2.45) is 0 Å². The molecule has 184 valence electrons. The Morgan fingerprint density at radius 2 is 1.94 bits per heavy atom. The van der Waals surface area contributed by atoms with E-state index >= 15 is 0 Å². The van der Waals surface area contributed by atoms with Gasteiger partial charge in [0, 0.05) is 29.9 Å². The molecular formula is C23H31N5O4S2. The van der Waals surface area contributed by atoms with Crippen molar-refractivity contribution in [2.75, 3.05) is 23.4 Å². The van der Waals surface area contributed by atoms with Crippen LogP contribution in [0.3, 0.4) is 0 Å². The number of aryl methyl sites for hydroxylation is 1. The van der Waals surface area contributed by atoms with E-state index in [1.54, 1.807) is 11.1 Å². The molecule has 0 aliphatic carbocycles. The molecule has 4 heterocycles. The number of nitrogens with one attached hydrogen (secondary N) is 2. The van der Waals surface area contributed by atoms with Crippen molar-refractivity contribution >= 4 is 38.8 Å². The summed E-state index contributed by atoms with van der Waals surface area (Å²) < 4.78 is 22.9. The second-order valence-electron chi connectivity index (χ2n) is 10.2. The van der Waals surface area contributed by atoms with E-state index < -0.39 is 21.8 Å². The van der Waals surface area contributed by atoms with Crippen LogP contribution in [0.1, 0.15) is 66.4 Å². The number of anilines is 1. The summed E-state index contributed by atoms with van der Waals surface area (Å²) in [6.07, 6.45) is 3.58. The van der Waals surface area contributed by atoms with E-state index in [0.717, 1.165) is 41.1 Å². The van der Waals surface area contributed by atoms with Gasteiger partial charge in [0.1, 0.15) is 11.5 Å². The highest BCUT2D eigenvalue weighted by Gasteiger charge is 2.36. The Labute approximate surface area is 204 Å². The van der Waals surface area contributed by atoms with Crippen LogP contribution in [0.5, 0.6) is 0 Å². The number of carbonyl (C=O) groups is 2. The lowest BCUT2D eigenvalue weighted by Gasteiger charge is -2.25. The van der Waals surface area contributed by atoms with Gasteiger partial charge in [-0.3, -0.25) is 9.59 Å². The molecule has 0 unspecified atom stereocenters.